The van der Waals surface area contributed by atoms with Crippen molar-refractivity contribution in [3.8, 4) is 0 Å². The molecule has 1 rings (SSSR count). The van der Waals surface area contributed by atoms with Gasteiger partial charge in [-0.3, -0.25) is 4.79 Å². The number of H-pyrrole nitrogens is 1. The van der Waals surface area contributed by atoms with E-state index in [2.05, 4.69) is 4.98 Å². The number of pyridine rings is 1. The Morgan fingerprint density at radius 1 is 1.73 bits per heavy atom. The van der Waals surface area contributed by atoms with Crippen molar-refractivity contribution in [1.82, 2.24) is 4.98 Å². The molecule has 0 saturated carbocycles. The molecule has 1 atom stereocenters. The molecule has 0 fully saturated rings. The van der Waals surface area contributed by atoms with E-state index in [0.29, 0.717) is 0 Å². The summed E-state index contributed by atoms with van der Waals surface area (Å²) in [5.74, 6) is 0. The first-order valence-electron chi connectivity index (χ1n) is 3.61. The van der Waals surface area contributed by atoms with E-state index in [1.54, 1.807) is 12.3 Å². The molecule has 0 spiro atoms. The minimum Gasteiger partial charge on any atom is -0.329 e. The fourth-order valence-electron chi connectivity index (χ4n) is 0.988. The third-order valence-corrected chi connectivity index (χ3v) is 1.40. The molecule has 1 unspecified atom stereocenters. The van der Waals surface area contributed by atoms with E-state index in [0.717, 1.165) is 12.0 Å². The first-order valence-corrected chi connectivity index (χ1v) is 3.61. The Kier molecular flexibility index (Phi) is 2.44. The van der Waals surface area contributed by atoms with Crippen molar-refractivity contribution in [3.63, 3.8) is 0 Å². The van der Waals surface area contributed by atoms with Gasteiger partial charge in [0.05, 0.1) is 0 Å². The van der Waals surface area contributed by atoms with Gasteiger partial charge in [-0.25, -0.2) is 0 Å². The standard InChI is InChI=1S/C8H12N2O/c1-6(9)4-7-2-3-10-8(11)5-7/h2-3,5-6H,4,9H2,1H3,(H,10,11). The van der Waals surface area contributed by atoms with E-state index < -0.39 is 0 Å². The Hall–Kier alpha value is -1.09. The molecule has 3 nitrogen and oxygen atoms in total. The SMILES string of the molecule is CC(N)Cc1cc[nH]c(=O)c1. The summed E-state index contributed by atoms with van der Waals surface area (Å²) in [6.45, 7) is 1.92. The van der Waals surface area contributed by atoms with Crippen molar-refractivity contribution in [2.24, 2.45) is 5.73 Å². The molecule has 0 bridgehead atoms. The number of hydrogen-bond donors (Lipinski definition) is 2. The van der Waals surface area contributed by atoms with Gasteiger partial charge in [-0.05, 0) is 25.0 Å². The zero-order chi connectivity index (χ0) is 8.27. The van der Waals surface area contributed by atoms with Crippen LogP contribution in [0.1, 0.15) is 12.5 Å². The second-order valence-electron chi connectivity index (χ2n) is 2.74. The summed E-state index contributed by atoms with van der Waals surface area (Å²) in [5, 5.41) is 0. The van der Waals surface area contributed by atoms with Crippen molar-refractivity contribution in [2.45, 2.75) is 19.4 Å². The Bertz CT molecular complexity index is 277. The number of hydrogen-bond acceptors (Lipinski definition) is 2. The number of nitrogens with two attached hydrogens (primary N) is 1. The third-order valence-electron chi connectivity index (χ3n) is 1.40. The maximum Gasteiger partial charge on any atom is 0.248 e. The molecule has 11 heavy (non-hydrogen) atoms. The number of aromatic amines is 1. The summed E-state index contributed by atoms with van der Waals surface area (Å²) in [5.41, 5.74) is 6.49. The lowest BCUT2D eigenvalue weighted by Gasteiger charge is -2.02. The van der Waals surface area contributed by atoms with Crippen molar-refractivity contribution < 1.29 is 0 Å². The van der Waals surface area contributed by atoms with Gasteiger partial charge >= 0.3 is 0 Å². The van der Waals surface area contributed by atoms with E-state index in [9.17, 15) is 4.79 Å². The summed E-state index contributed by atoms with van der Waals surface area (Å²) in [6.07, 6.45) is 2.39. The van der Waals surface area contributed by atoms with Crippen LogP contribution in [0.4, 0.5) is 0 Å². The number of aromatic nitrogens is 1. The quantitative estimate of drug-likeness (QED) is 0.638. The summed E-state index contributed by atoms with van der Waals surface area (Å²) in [4.78, 5) is 13.3. The van der Waals surface area contributed by atoms with Crippen LogP contribution >= 0.6 is 0 Å². The van der Waals surface area contributed by atoms with E-state index >= 15 is 0 Å². The lowest BCUT2D eigenvalue weighted by molar-refractivity contribution is 0.736. The molecular weight excluding hydrogens is 140 g/mol. The summed E-state index contributed by atoms with van der Waals surface area (Å²) >= 11 is 0. The molecule has 1 aromatic rings. The molecule has 3 N–H and O–H groups in total. The Morgan fingerprint density at radius 3 is 3.00 bits per heavy atom. The summed E-state index contributed by atoms with van der Waals surface area (Å²) < 4.78 is 0. The zero-order valence-corrected chi connectivity index (χ0v) is 6.50. The zero-order valence-electron chi connectivity index (χ0n) is 6.50. The van der Waals surface area contributed by atoms with Crippen molar-refractivity contribution >= 4 is 0 Å². The van der Waals surface area contributed by atoms with Crippen molar-refractivity contribution in [3.05, 3.63) is 34.2 Å². The van der Waals surface area contributed by atoms with E-state index in [1.165, 1.54) is 0 Å². The van der Waals surface area contributed by atoms with Crippen LogP contribution in [0, 0.1) is 0 Å². The Morgan fingerprint density at radius 2 is 2.45 bits per heavy atom. The van der Waals surface area contributed by atoms with E-state index in [1.807, 2.05) is 13.0 Å². The van der Waals surface area contributed by atoms with Gasteiger partial charge in [0.2, 0.25) is 5.56 Å². The molecule has 0 aromatic carbocycles. The minimum atomic E-state index is -0.0665. The van der Waals surface area contributed by atoms with Crippen molar-refractivity contribution in [2.75, 3.05) is 0 Å². The number of rotatable bonds is 2. The third kappa shape index (κ3) is 2.55. The highest BCUT2D eigenvalue weighted by molar-refractivity contribution is 5.10. The average molecular weight is 152 g/mol. The fourth-order valence-corrected chi connectivity index (χ4v) is 0.988. The molecular formula is C8H12N2O. The predicted octanol–water partition coefficient (Wildman–Crippen LogP) is 0.265. The van der Waals surface area contributed by atoms with Gasteiger partial charge in [-0.2, -0.15) is 0 Å². The van der Waals surface area contributed by atoms with Gasteiger partial charge in [-0.15, -0.1) is 0 Å². The maximum atomic E-state index is 10.8. The Labute approximate surface area is 65.2 Å². The molecule has 0 aliphatic rings. The maximum absolute atomic E-state index is 10.8. The second-order valence-corrected chi connectivity index (χ2v) is 2.74. The Balaban J connectivity index is 2.80. The van der Waals surface area contributed by atoms with Gasteiger partial charge in [0.1, 0.15) is 0 Å². The van der Waals surface area contributed by atoms with Gasteiger partial charge in [0, 0.05) is 18.3 Å². The average Bonchev–Trinajstić information content (AvgIpc) is 1.85. The molecule has 0 radical (unpaired) electrons. The molecule has 1 heterocycles. The first kappa shape index (κ1) is 8.01. The molecule has 0 aliphatic heterocycles. The fraction of sp³-hybridized carbons (Fsp3) is 0.375. The van der Waals surface area contributed by atoms with Gasteiger partial charge in [-0.1, -0.05) is 0 Å². The lowest BCUT2D eigenvalue weighted by atomic mass is 10.1. The van der Waals surface area contributed by atoms with Crippen LogP contribution in [0.3, 0.4) is 0 Å². The highest BCUT2D eigenvalue weighted by Crippen LogP contribution is 1.96. The molecule has 3 heteroatoms. The molecule has 0 aliphatic carbocycles. The lowest BCUT2D eigenvalue weighted by Crippen LogP contribution is -2.19. The van der Waals surface area contributed by atoms with Crippen LogP contribution in [0.25, 0.3) is 0 Å². The highest BCUT2D eigenvalue weighted by Gasteiger charge is 1.96. The smallest absolute Gasteiger partial charge is 0.248 e. The molecule has 1 aromatic heterocycles. The van der Waals surface area contributed by atoms with Crippen LogP contribution in [0.5, 0.6) is 0 Å². The van der Waals surface area contributed by atoms with Crippen LogP contribution < -0.4 is 11.3 Å². The highest BCUT2D eigenvalue weighted by atomic mass is 16.1. The topological polar surface area (TPSA) is 58.9 Å². The largest absolute Gasteiger partial charge is 0.329 e. The molecule has 60 valence electrons. The molecule has 0 amide bonds. The number of nitrogens with one attached hydrogen (secondary N) is 1. The van der Waals surface area contributed by atoms with Crippen LogP contribution in [-0.4, -0.2) is 11.0 Å². The first-order chi connectivity index (χ1) is 5.18. The van der Waals surface area contributed by atoms with Crippen LogP contribution in [0.2, 0.25) is 0 Å². The molecule has 0 saturated heterocycles. The summed E-state index contributed by atoms with van der Waals surface area (Å²) in [7, 11) is 0. The predicted molar refractivity (Wildman–Crippen MR) is 44.4 cm³/mol. The van der Waals surface area contributed by atoms with Gasteiger partial charge in [0.15, 0.2) is 0 Å². The van der Waals surface area contributed by atoms with Gasteiger partial charge in [0.25, 0.3) is 0 Å². The summed E-state index contributed by atoms with van der Waals surface area (Å²) in [6, 6.07) is 3.55. The van der Waals surface area contributed by atoms with E-state index in [4.69, 9.17) is 5.73 Å². The van der Waals surface area contributed by atoms with E-state index in [-0.39, 0.29) is 11.6 Å². The van der Waals surface area contributed by atoms with Crippen LogP contribution in [0.15, 0.2) is 23.1 Å². The van der Waals surface area contributed by atoms with Gasteiger partial charge < -0.3 is 10.7 Å². The van der Waals surface area contributed by atoms with Crippen LogP contribution in [-0.2, 0) is 6.42 Å². The normalized spacial score (nSPS) is 12.9. The minimum absolute atomic E-state index is 0.0665. The second kappa shape index (κ2) is 3.34. The monoisotopic (exact) mass is 152 g/mol. The van der Waals surface area contributed by atoms with Crippen molar-refractivity contribution in [1.29, 1.82) is 0 Å².